The first-order valence-electron chi connectivity index (χ1n) is 3.86. The van der Waals surface area contributed by atoms with Gasteiger partial charge in [-0.2, -0.15) is 0 Å². The molecular formula is C8H19NS. The van der Waals surface area contributed by atoms with Gasteiger partial charge in [-0.25, -0.2) is 0 Å². The Morgan fingerprint density at radius 3 is 1.90 bits per heavy atom. The number of rotatable bonds is 4. The molecule has 0 spiro atoms. The van der Waals surface area contributed by atoms with Crippen LogP contribution < -0.4 is 5.32 Å². The molecule has 10 heavy (non-hydrogen) atoms. The van der Waals surface area contributed by atoms with E-state index < -0.39 is 0 Å². The van der Waals surface area contributed by atoms with Gasteiger partial charge in [-0.1, -0.05) is 13.8 Å². The molecule has 0 aliphatic carbocycles. The molecule has 0 fully saturated rings. The zero-order chi connectivity index (χ0) is 8.15. The van der Waals surface area contributed by atoms with Gasteiger partial charge in [-0.15, -0.1) is 11.8 Å². The SMILES string of the molecule is CSC(C)NC(C)C(C)C. The van der Waals surface area contributed by atoms with Crippen LogP contribution in [0, 0.1) is 5.92 Å². The Balaban J connectivity index is 3.46. The van der Waals surface area contributed by atoms with E-state index in [2.05, 4.69) is 39.3 Å². The molecule has 0 aliphatic rings. The fourth-order valence-electron chi connectivity index (χ4n) is 0.631. The van der Waals surface area contributed by atoms with Crippen LogP contribution in [0.3, 0.4) is 0 Å². The van der Waals surface area contributed by atoms with Gasteiger partial charge in [-0.3, -0.25) is 0 Å². The zero-order valence-electron chi connectivity index (χ0n) is 7.64. The molecule has 0 saturated carbocycles. The Kier molecular flexibility index (Phi) is 5.18. The van der Waals surface area contributed by atoms with Crippen molar-refractivity contribution in [2.45, 2.75) is 39.1 Å². The summed E-state index contributed by atoms with van der Waals surface area (Å²) in [5.74, 6) is 0.731. The third kappa shape index (κ3) is 4.18. The van der Waals surface area contributed by atoms with Gasteiger partial charge in [-0.05, 0) is 26.0 Å². The lowest BCUT2D eigenvalue weighted by molar-refractivity contribution is 0.426. The smallest absolute Gasteiger partial charge is 0.0502 e. The molecule has 0 saturated heterocycles. The van der Waals surface area contributed by atoms with E-state index >= 15 is 0 Å². The number of nitrogens with one attached hydrogen (secondary N) is 1. The molecule has 1 nitrogen and oxygen atoms in total. The minimum atomic E-state index is 0.581. The molecule has 0 heterocycles. The predicted molar refractivity (Wildman–Crippen MR) is 50.4 cm³/mol. The van der Waals surface area contributed by atoms with Crippen molar-refractivity contribution in [2.75, 3.05) is 6.26 Å². The average molecular weight is 161 g/mol. The maximum atomic E-state index is 3.49. The van der Waals surface area contributed by atoms with Crippen LogP contribution in [0.4, 0.5) is 0 Å². The second-order valence-electron chi connectivity index (χ2n) is 3.08. The summed E-state index contributed by atoms with van der Waals surface area (Å²) in [4.78, 5) is 0. The van der Waals surface area contributed by atoms with E-state index in [0.717, 1.165) is 5.92 Å². The molecule has 0 radical (unpaired) electrons. The maximum absolute atomic E-state index is 3.49. The van der Waals surface area contributed by atoms with Crippen molar-refractivity contribution in [3.63, 3.8) is 0 Å². The molecule has 0 aliphatic heterocycles. The first kappa shape index (κ1) is 10.3. The molecule has 0 rings (SSSR count). The molecule has 0 aromatic carbocycles. The van der Waals surface area contributed by atoms with Crippen LogP contribution in [-0.4, -0.2) is 17.7 Å². The highest BCUT2D eigenvalue weighted by atomic mass is 32.2. The summed E-state index contributed by atoms with van der Waals surface area (Å²) >= 11 is 1.86. The summed E-state index contributed by atoms with van der Waals surface area (Å²) in [6.07, 6.45) is 2.13. The van der Waals surface area contributed by atoms with Crippen LogP contribution in [-0.2, 0) is 0 Å². The summed E-state index contributed by atoms with van der Waals surface area (Å²) in [6, 6.07) is 0.627. The van der Waals surface area contributed by atoms with Crippen LogP contribution in [0.1, 0.15) is 27.7 Å². The highest BCUT2D eigenvalue weighted by Gasteiger charge is 2.08. The van der Waals surface area contributed by atoms with E-state index in [9.17, 15) is 0 Å². The zero-order valence-corrected chi connectivity index (χ0v) is 8.46. The standard InChI is InChI=1S/C8H19NS/c1-6(2)7(3)9-8(4)10-5/h6-9H,1-5H3. The van der Waals surface area contributed by atoms with Crippen molar-refractivity contribution in [3.8, 4) is 0 Å². The third-order valence-electron chi connectivity index (χ3n) is 1.85. The monoisotopic (exact) mass is 161 g/mol. The topological polar surface area (TPSA) is 12.0 Å². The Morgan fingerprint density at radius 1 is 1.10 bits per heavy atom. The summed E-state index contributed by atoms with van der Waals surface area (Å²) < 4.78 is 0. The van der Waals surface area contributed by atoms with Crippen molar-refractivity contribution < 1.29 is 0 Å². The second-order valence-corrected chi connectivity index (χ2v) is 4.26. The minimum Gasteiger partial charge on any atom is -0.303 e. The lowest BCUT2D eigenvalue weighted by atomic mass is 10.1. The lowest BCUT2D eigenvalue weighted by Gasteiger charge is -2.21. The first-order chi connectivity index (χ1) is 4.57. The van der Waals surface area contributed by atoms with E-state index in [1.165, 1.54) is 0 Å². The van der Waals surface area contributed by atoms with Gasteiger partial charge in [0.25, 0.3) is 0 Å². The number of hydrogen-bond acceptors (Lipinski definition) is 2. The van der Waals surface area contributed by atoms with Crippen LogP contribution >= 0.6 is 11.8 Å². The molecule has 0 amide bonds. The highest BCUT2D eigenvalue weighted by molar-refractivity contribution is 7.99. The van der Waals surface area contributed by atoms with Crippen LogP contribution in [0.25, 0.3) is 0 Å². The van der Waals surface area contributed by atoms with Crippen LogP contribution in [0.2, 0.25) is 0 Å². The highest BCUT2D eigenvalue weighted by Crippen LogP contribution is 2.06. The van der Waals surface area contributed by atoms with Gasteiger partial charge in [0.05, 0.1) is 5.37 Å². The summed E-state index contributed by atoms with van der Waals surface area (Å²) in [5.41, 5.74) is 0. The Morgan fingerprint density at radius 2 is 1.60 bits per heavy atom. The molecule has 1 N–H and O–H groups in total. The molecule has 62 valence electrons. The van der Waals surface area contributed by atoms with Gasteiger partial charge >= 0.3 is 0 Å². The summed E-state index contributed by atoms with van der Waals surface area (Å²) in [7, 11) is 0. The lowest BCUT2D eigenvalue weighted by Crippen LogP contribution is -2.35. The van der Waals surface area contributed by atoms with Gasteiger partial charge < -0.3 is 5.32 Å². The van der Waals surface area contributed by atoms with Crippen molar-refractivity contribution in [2.24, 2.45) is 5.92 Å². The van der Waals surface area contributed by atoms with Crippen LogP contribution in [0.15, 0.2) is 0 Å². The molecular weight excluding hydrogens is 142 g/mol. The van der Waals surface area contributed by atoms with E-state index in [4.69, 9.17) is 0 Å². The Labute approximate surface area is 69.0 Å². The normalized spacial score (nSPS) is 17.4. The fourth-order valence-corrected chi connectivity index (χ4v) is 0.981. The molecule has 2 heteroatoms. The first-order valence-corrected chi connectivity index (χ1v) is 5.15. The largest absolute Gasteiger partial charge is 0.303 e. The van der Waals surface area contributed by atoms with E-state index in [-0.39, 0.29) is 0 Å². The van der Waals surface area contributed by atoms with Crippen molar-refractivity contribution in [1.82, 2.24) is 5.32 Å². The van der Waals surface area contributed by atoms with Gasteiger partial charge in [0.1, 0.15) is 0 Å². The van der Waals surface area contributed by atoms with Crippen molar-refractivity contribution in [1.29, 1.82) is 0 Å². The predicted octanol–water partition coefficient (Wildman–Crippen LogP) is 2.33. The molecule has 2 atom stereocenters. The molecule has 2 unspecified atom stereocenters. The van der Waals surface area contributed by atoms with Crippen LogP contribution in [0.5, 0.6) is 0 Å². The molecule has 0 aromatic rings. The van der Waals surface area contributed by atoms with E-state index in [0.29, 0.717) is 11.4 Å². The average Bonchev–Trinajstić information content (AvgIpc) is 1.87. The molecule has 0 bridgehead atoms. The number of hydrogen-bond donors (Lipinski definition) is 1. The fraction of sp³-hybridized carbons (Fsp3) is 1.00. The van der Waals surface area contributed by atoms with Gasteiger partial charge in [0.15, 0.2) is 0 Å². The molecule has 0 aromatic heterocycles. The third-order valence-corrected chi connectivity index (χ3v) is 2.69. The van der Waals surface area contributed by atoms with E-state index in [1.54, 1.807) is 0 Å². The summed E-state index contributed by atoms with van der Waals surface area (Å²) in [5, 5.41) is 4.07. The minimum absolute atomic E-state index is 0.581. The quantitative estimate of drug-likeness (QED) is 0.635. The Hall–Kier alpha value is 0.310. The summed E-state index contributed by atoms with van der Waals surface area (Å²) in [6.45, 7) is 8.91. The van der Waals surface area contributed by atoms with Gasteiger partial charge in [0.2, 0.25) is 0 Å². The Bertz CT molecular complexity index is 83.3. The maximum Gasteiger partial charge on any atom is 0.0502 e. The second kappa shape index (κ2) is 5.03. The van der Waals surface area contributed by atoms with Gasteiger partial charge in [0, 0.05) is 6.04 Å². The van der Waals surface area contributed by atoms with Crippen molar-refractivity contribution >= 4 is 11.8 Å². The van der Waals surface area contributed by atoms with E-state index in [1.807, 2.05) is 11.8 Å². The van der Waals surface area contributed by atoms with Crippen molar-refractivity contribution in [3.05, 3.63) is 0 Å². The number of thioether (sulfide) groups is 1.